The van der Waals surface area contributed by atoms with Crippen molar-refractivity contribution in [2.24, 2.45) is 5.73 Å². The Balaban J connectivity index is 1.99. The number of anilines is 1. The first-order valence-electron chi connectivity index (χ1n) is 7.12. The molecule has 0 radical (unpaired) electrons. The lowest BCUT2D eigenvalue weighted by molar-refractivity contribution is 0.660. The highest BCUT2D eigenvalue weighted by Crippen LogP contribution is 2.27. The van der Waals surface area contributed by atoms with Crippen LogP contribution in [0.1, 0.15) is 29.7 Å². The number of rotatable bonds is 2. The molecule has 5 nitrogen and oxygen atoms in total. The lowest BCUT2D eigenvalue weighted by atomic mass is 9.94. The van der Waals surface area contributed by atoms with Gasteiger partial charge < -0.3 is 10.6 Å². The second kappa shape index (κ2) is 5.52. The zero-order valence-electron chi connectivity index (χ0n) is 11.5. The molecular weight excluding hydrogens is 272 g/mol. The Kier molecular flexibility index (Phi) is 3.74. The van der Waals surface area contributed by atoms with Crippen molar-refractivity contribution in [1.29, 1.82) is 5.41 Å². The topological polar surface area (TPSA) is 83.1 Å². The number of hydrogen-bond acceptors (Lipinski definition) is 4. The summed E-state index contributed by atoms with van der Waals surface area (Å²) >= 11 is 0. The average molecular weight is 292 g/mol. The first-order valence-corrected chi connectivity index (χ1v) is 8.61. The van der Waals surface area contributed by atoms with Crippen molar-refractivity contribution in [1.82, 2.24) is 4.98 Å². The van der Waals surface area contributed by atoms with E-state index < -0.39 is 10.8 Å². The molecule has 0 unspecified atom stereocenters. The molecule has 6 heteroatoms. The summed E-state index contributed by atoms with van der Waals surface area (Å²) in [4.78, 5) is 6.92. The maximum Gasteiger partial charge on any atom is 0.139 e. The van der Waals surface area contributed by atoms with Gasteiger partial charge in [-0.1, -0.05) is 0 Å². The fourth-order valence-electron chi connectivity index (χ4n) is 2.91. The van der Waals surface area contributed by atoms with Crippen molar-refractivity contribution in [2.75, 3.05) is 29.5 Å². The molecule has 1 fully saturated rings. The van der Waals surface area contributed by atoms with E-state index in [9.17, 15) is 4.21 Å². The van der Waals surface area contributed by atoms with Gasteiger partial charge in [-0.15, -0.1) is 0 Å². The van der Waals surface area contributed by atoms with Gasteiger partial charge in [-0.3, -0.25) is 9.62 Å². The largest absolute Gasteiger partial charge is 0.384 e. The third-order valence-corrected chi connectivity index (χ3v) is 5.32. The van der Waals surface area contributed by atoms with E-state index in [0.29, 0.717) is 11.5 Å². The summed E-state index contributed by atoms with van der Waals surface area (Å²) in [6.07, 6.45) is 4.42. The van der Waals surface area contributed by atoms with E-state index in [1.165, 1.54) is 18.4 Å². The first-order chi connectivity index (χ1) is 9.65. The summed E-state index contributed by atoms with van der Waals surface area (Å²) < 4.78 is 11.5. The Labute approximate surface area is 121 Å². The Bertz CT molecular complexity index is 563. The highest BCUT2D eigenvalue weighted by Gasteiger charge is 2.23. The molecule has 0 amide bonds. The number of nitrogens with two attached hydrogens (primary N) is 1. The fourth-order valence-corrected chi connectivity index (χ4v) is 3.96. The van der Waals surface area contributed by atoms with E-state index in [1.807, 2.05) is 6.07 Å². The Hall–Kier alpha value is -1.43. The monoisotopic (exact) mass is 292 g/mol. The zero-order chi connectivity index (χ0) is 14.1. The zero-order valence-corrected chi connectivity index (χ0v) is 12.3. The molecule has 0 bridgehead atoms. The molecule has 0 saturated carbocycles. The molecule has 108 valence electrons. The van der Waals surface area contributed by atoms with Crippen LogP contribution >= 0.6 is 0 Å². The van der Waals surface area contributed by atoms with Gasteiger partial charge in [-0.05, 0) is 37.3 Å². The first kappa shape index (κ1) is 13.5. The number of amidine groups is 1. The molecule has 0 aromatic carbocycles. The van der Waals surface area contributed by atoms with Gasteiger partial charge in [0.25, 0.3) is 0 Å². The minimum Gasteiger partial charge on any atom is -0.384 e. The van der Waals surface area contributed by atoms with Crippen LogP contribution in [0.25, 0.3) is 0 Å². The number of aryl methyl sites for hydroxylation is 2. The molecule has 0 atom stereocenters. The van der Waals surface area contributed by atoms with Crippen LogP contribution in [-0.2, 0) is 23.6 Å². The van der Waals surface area contributed by atoms with Crippen LogP contribution in [0.15, 0.2) is 6.07 Å². The van der Waals surface area contributed by atoms with E-state index in [2.05, 4.69) is 4.90 Å². The highest BCUT2D eigenvalue weighted by molar-refractivity contribution is 7.85. The van der Waals surface area contributed by atoms with Gasteiger partial charge in [0.2, 0.25) is 0 Å². The van der Waals surface area contributed by atoms with E-state index in [0.717, 1.165) is 43.0 Å². The number of nitrogen functional groups attached to an aromatic ring is 1. The molecule has 20 heavy (non-hydrogen) atoms. The van der Waals surface area contributed by atoms with Crippen molar-refractivity contribution in [2.45, 2.75) is 25.7 Å². The second-order valence-electron chi connectivity index (χ2n) is 5.42. The van der Waals surface area contributed by atoms with E-state index in [1.54, 1.807) is 0 Å². The predicted octanol–water partition coefficient (Wildman–Crippen LogP) is 0.813. The summed E-state index contributed by atoms with van der Waals surface area (Å²) in [5, 5.41) is 7.80. The Morgan fingerprint density at radius 1 is 1.30 bits per heavy atom. The van der Waals surface area contributed by atoms with Gasteiger partial charge >= 0.3 is 0 Å². The van der Waals surface area contributed by atoms with E-state index >= 15 is 0 Å². The minimum atomic E-state index is -0.708. The third-order valence-electron chi connectivity index (χ3n) is 4.05. The van der Waals surface area contributed by atoms with Crippen LogP contribution in [0.4, 0.5) is 5.82 Å². The lowest BCUT2D eigenvalue weighted by Crippen LogP contribution is -2.39. The van der Waals surface area contributed by atoms with Gasteiger partial charge in [0.1, 0.15) is 11.7 Å². The summed E-state index contributed by atoms with van der Waals surface area (Å²) in [6, 6.07) is 2.05. The second-order valence-corrected chi connectivity index (χ2v) is 7.12. The molecule has 2 aliphatic rings. The average Bonchev–Trinajstić information content (AvgIpc) is 2.46. The standard InChI is InChI=1S/C14H20N4OS/c15-13(16)11-9-10-3-1-2-4-12(10)17-14(11)18-5-7-20(19)8-6-18/h9H,1-8H2,(H3,15,16). The SMILES string of the molecule is N=C(N)c1cc2c(nc1N1CCS(=O)CC1)CCCC2. The lowest BCUT2D eigenvalue weighted by Gasteiger charge is -2.30. The van der Waals surface area contributed by atoms with Gasteiger partial charge in [-0.25, -0.2) is 4.98 Å². The molecule has 2 heterocycles. The van der Waals surface area contributed by atoms with Crippen molar-refractivity contribution in [3.05, 3.63) is 22.9 Å². The van der Waals surface area contributed by atoms with Crippen molar-refractivity contribution >= 4 is 22.5 Å². The van der Waals surface area contributed by atoms with Crippen LogP contribution in [0.5, 0.6) is 0 Å². The highest BCUT2D eigenvalue weighted by atomic mass is 32.2. The molecule has 1 aromatic heterocycles. The number of pyridine rings is 1. The van der Waals surface area contributed by atoms with E-state index in [4.69, 9.17) is 16.1 Å². The maximum absolute atomic E-state index is 11.5. The summed E-state index contributed by atoms with van der Waals surface area (Å²) in [5.74, 6) is 2.24. The minimum absolute atomic E-state index is 0.0765. The van der Waals surface area contributed by atoms with Crippen LogP contribution in [0.2, 0.25) is 0 Å². The molecule has 3 rings (SSSR count). The normalized spacial score (nSPS) is 19.7. The molecule has 0 spiro atoms. The molecule has 3 N–H and O–H groups in total. The van der Waals surface area contributed by atoms with Crippen molar-refractivity contribution in [3.63, 3.8) is 0 Å². The number of nitrogens with one attached hydrogen (secondary N) is 1. The molecule has 1 aliphatic heterocycles. The van der Waals surface area contributed by atoms with Crippen molar-refractivity contribution in [3.8, 4) is 0 Å². The third kappa shape index (κ3) is 2.57. The number of hydrogen-bond donors (Lipinski definition) is 2. The van der Waals surface area contributed by atoms with E-state index in [-0.39, 0.29) is 5.84 Å². The molecule has 1 saturated heterocycles. The van der Waals surface area contributed by atoms with Crippen LogP contribution < -0.4 is 10.6 Å². The molecule has 1 aliphatic carbocycles. The fraction of sp³-hybridized carbons (Fsp3) is 0.571. The smallest absolute Gasteiger partial charge is 0.139 e. The van der Waals surface area contributed by atoms with Gasteiger partial charge in [0, 0.05) is 41.1 Å². The molecule has 1 aromatic rings. The summed E-state index contributed by atoms with van der Waals surface area (Å²) in [5.41, 5.74) is 8.87. The Morgan fingerprint density at radius 2 is 2.00 bits per heavy atom. The van der Waals surface area contributed by atoms with Crippen molar-refractivity contribution < 1.29 is 4.21 Å². The number of fused-ring (bicyclic) bond motifs is 1. The Morgan fingerprint density at radius 3 is 2.70 bits per heavy atom. The summed E-state index contributed by atoms with van der Waals surface area (Å²) in [7, 11) is -0.708. The number of aromatic nitrogens is 1. The molecular formula is C14H20N4OS. The van der Waals surface area contributed by atoms with Crippen LogP contribution in [0.3, 0.4) is 0 Å². The number of nitrogens with zero attached hydrogens (tertiary/aromatic N) is 2. The van der Waals surface area contributed by atoms with Gasteiger partial charge in [0.15, 0.2) is 0 Å². The quantitative estimate of drug-likeness (QED) is 0.624. The van der Waals surface area contributed by atoms with Crippen LogP contribution in [-0.4, -0.2) is 39.6 Å². The van der Waals surface area contributed by atoms with Gasteiger partial charge in [0.05, 0.1) is 5.56 Å². The summed E-state index contributed by atoms with van der Waals surface area (Å²) in [6.45, 7) is 1.47. The predicted molar refractivity (Wildman–Crippen MR) is 82.0 cm³/mol. The van der Waals surface area contributed by atoms with Crippen LogP contribution in [0, 0.1) is 5.41 Å². The maximum atomic E-state index is 11.5. The van der Waals surface area contributed by atoms with Gasteiger partial charge in [-0.2, -0.15) is 0 Å².